The SMILES string of the molecule is O=S1(=O)NC[C@H](Cc2ccccc2)N1. The normalized spacial score (nSPS) is 25.0. The van der Waals surface area contributed by atoms with Gasteiger partial charge in [0.2, 0.25) is 0 Å². The zero-order valence-electron chi connectivity index (χ0n) is 7.60. The first kappa shape index (κ1) is 9.64. The van der Waals surface area contributed by atoms with E-state index in [4.69, 9.17) is 0 Å². The molecule has 14 heavy (non-hydrogen) atoms. The fourth-order valence-electron chi connectivity index (χ4n) is 1.53. The number of hydrogen-bond acceptors (Lipinski definition) is 2. The zero-order chi connectivity index (χ0) is 10.0. The van der Waals surface area contributed by atoms with Gasteiger partial charge in [-0.2, -0.15) is 13.1 Å². The van der Waals surface area contributed by atoms with Gasteiger partial charge in [-0.05, 0) is 12.0 Å². The third kappa shape index (κ3) is 2.31. The highest BCUT2D eigenvalue weighted by Gasteiger charge is 2.25. The molecule has 0 aliphatic carbocycles. The van der Waals surface area contributed by atoms with Crippen molar-refractivity contribution in [2.24, 2.45) is 0 Å². The Morgan fingerprint density at radius 1 is 1.29 bits per heavy atom. The summed E-state index contributed by atoms with van der Waals surface area (Å²) in [6.07, 6.45) is 0.729. The van der Waals surface area contributed by atoms with Gasteiger partial charge in [-0.1, -0.05) is 30.3 Å². The summed E-state index contributed by atoms with van der Waals surface area (Å²) in [5.41, 5.74) is 1.14. The Balaban J connectivity index is 2.01. The second kappa shape index (κ2) is 3.68. The van der Waals surface area contributed by atoms with E-state index < -0.39 is 10.2 Å². The monoisotopic (exact) mass is 212 g/mol. The van der Waals surface area contributed by atoms with E-state index in [1.165, 1.54) is 0 Å². The Hall–Kier alpha value is -0.910. The van der Waals surface area contributed by atoms with Gasteiger partial charge in [-0.15, -0.1) is 0 Å². The van der Waals surface area contributed by atoms with Crippen LogP contribution in [0.4, 0.5) is 0 Å². The minimum Gasteiger partial charge on any atom is -0.201 e. The summed E-state index contributed by atoms with van der Waals surface area (Å²) in [7, 11) is -3.22. The lowest BCUT2D eigenvalue weighted by Gasteiger charge is -2.06. The lowest BCUT2D eigenvalue weighted by molar-refractivity contribution is 0.581. The Labute approximate surface area is 83.5 Å². The minimum absolute atomic E-state index is 0.0256. The van der Waals surface area contributed by atoms with E-state index in [0.29, 0.717) is 6.54 Å². The van der Waals surface area contributed by atoms with Crippen LogP contribution in [-0.2, 0) is 16.6 Å². The van der Waals surface area contributed by atoms with E-state index >= 15 is 0 Å². The molecule has 0 radical (unpaired) electrons. The van der Waals surface area contributed by atoms with Crippen LogP contribution in [0.3, 0.4) is 0 Å². The molecule has 0 bridgehead atoms. The van der Waals surface area contributed by atoms with Gasteiger partial charge in [0.25, 0.3) is 10.2 Å². The molecule has 0 amide bonds. The van der Waals surface area contributed by atoms with Crippen molar-refractivity contribution in [3.63, 3.8) is 0 Å². The molecule has 0 unspecified atom stereocenters. The van der Waals surface area contributed by atoms with Gasteiger partial charge in [0.1, 0.15) is 0 Å². The zero-order valence-corrected chi connectivity index (χ0v) is 8.42. The van der Waals surface area contributed by atoms with Crippen molar-refractivity contribution in [2.45, 2.75) is 12.5 Å². The first-order valence-electron chi connectivity index (χ1n) is 4.46. The lowest BCUT2D eigenvalue weighted by Crippen LogP contribution is -2.29. The molecule has 2 rings (SSSR count). The van der Waals surface area contributed by atoms with Crippen molar-refractivity contribution in [1.29, 1.82) is 0 Å². The summed E-state index contributed by atoms with van der Waals surface area (Å²) in [5.74, 6) is 0. The fourth-order valence-corrected chi connectivity index (χ4v) is 2.63. The third-order valence-corrected chi connectivity index (χ3v) is 3.36. The fraction of sp³-hybridized carbons (Fsp3) is 0.333. The first-order chi connectivity index (χ1) is 6.66. The second-order valence-corrected chi connectivity index (χ2v) is 4.89. The van der Waals surface area contributed by atoms with Crippen LogP contribution in [0.5, 0.6) is 0 Å². The highest BCUT2D eigenvalue weighted by atomic mass is 32.2. The predicted octanol–water partition coefficient (Wildman–Crippen LogP) is 0.0353. The van der Waals surface area contributed by atoms with Gasteiger partial charge in [0.15, 0.2) is 0 Å². The van der Waals surface area contributed by atoms with Crippen LogP contribution in [0, 0.1) is 0 Å². The van der Waals surface area contributed by atoms with E-state index in [1.807, 2.05) is 30.3 Å². The summed E-state index contributed by atoms with van der Waals surface area (Å²) < 4.78 is 27.0. The molecule has 1 atom stereocenters. The molecule has 1 aromatic carbocycles. The molecule has 1 aliphatic rings. The van der Waals surface area contributed by atoms with Crippen molar-refractivity contribution in [2.75, 3.05) is 6.54 Å². The maximum absolute atomic E-state index is 11.0. The maximum Gasteiger partial charge on any atom is 0.277 e. The van der Waals surface area contributed by atoms with Crippen LogP contribution in [-0.4, -0.2) is 21.0 Å². The minimum atomic E-state index is -3.22. The van der Waals surface area contributed by atoms with Crippen molar-refractivity contribution in [3.05, 3.63) is 35.9 Å². The number of benzene rings is 1. The quantitative estimate of drug-likeness (QED) is 0.727. The van der Waals surface area contributed by atoms with E-state index in [2.05, 4.69) is 9.44 Å². The highest BCUT2D eigenvalue weighted by Crippen LogP contribution is 2.06. The summed E-state index contributed by atoms with van der Waals surface area (Å²) in [5, 5.41) is 0. The molecule has 1 fully saturated rings. The van der Waals surface area contributed by atoms with Gasteiger partial charge >= 0.3 is 0 Å². The van der Waals surface area contributed by atoms with Gasteiger partial charge < -0.3 is 0 Å². The summed E-state index contributed by atoms with van der Waals surface area (Å²) in [4.78, 5) is 0. The molecule has 1 aliphatic heterocycles. The van der Waals surface area contributed by atoms with Gasteiger partial charge in [0, 0.05) is 12.6 Å². The third-order valence-electron chi connectivity index (χ3n) is 2.17. The van der Waals surface area contributed by atoms with Crippen LogP contribution >= 0.6 is 0 Å². The van der Waals surface area contributed by atoms with Gasteiger partial charge in [-0.3, -0.25) is 0 Å². The van der Waals surface area contributed by atoms with Crippen LogP contribution < -0.4 is 9.44 Å². The van der Waals surface area contributed by atoms with Gasteiger partial charge in [-0.25, -0.2) is 4.72 Å². The molecule has 5 heteroatoms. The van der Waals surface area contributed by atoms with Crippen molar-refractivity contribution >= 4 is 10.2 Å². The molecule has 4 nitrogen and oxygen atoms in total. The summed E-state index contributed by atoms with van der Waals surface area (Å²) in [6.45, 7) is 0.469. The van der Waals surface area contributed by atoms with E-state index in [1.54, 1.807) is 0 Å². The van der Waals surface area contributed by atoms with Crippen LogP contribution in [0.1, 0.15) is 5.56 Å². The highest BCUT2D eigenvalue weighted by molar-refractivity contribution is 7.87. The van der Waals surface area contributed by atoms with E-state index in [-0.39, 0.29) is 6.04 Å². The largest absolute Gasteiger partial charge is 0.277 e. The van der Waals surface area contributed by atoms with Gasteiger partial charge in [0.05, 0.1) is 0 Å². The lowest BCUT2D eigenvalue weighted by atomic mass is 10.1. The Morgan fingerprint density at radius 2 is 2.00 bits per heavy atom. The topological polar surface area (TPSA) is 58.2 Å². The molecule has 1 aromatic rings. The van der Waals surface area contributed by atoms with Crippen molar-refractivity contribution < 1.29 is 8.42 Å². The molecule has 76 valence electrons. The smallest absolute Gasteiger partial charge is 0.201 e. The molecule has 1 heterocycles. The Bertz CT molecular complexity index is 402. The number of rotatable bonds is 2. The average Bonchev–Trinajstić information content (AvgIpc) is 2.47. The van der Waals surface area contributed by atoms with Crippen LogP contribution in [0.2, 0.25) is 0 Å². The van der Waals surface area contributed by atoms with Crippen LogP contribution in [0.25, 0.3) is 0 Å². The molecular weight excluding hydrogens is 200 g/mol. The van der Waals surface area contributed by atoms with E-state index in [9.17, 15) is 8.42 Å². The first-order valence-corrected chi connectivity index (χ1v) is 5.95. The molecule has 1 saturated heterocycles. The number of hydrogen-bond donors (Lipinski definition) is 2. The molecule has 0 spiro atoms. The maximum atomic E-state index is 11.0. The van der Waals surface area contributed by atoms with E-state index in [0.717, 1.165) is 12.0 Å². The molecule has 0 aromatic heterocycles. The van der Waals surface area contributed by atoms with Crippen LogP contribution in [0.15, 0.2) is 30.3 Å². The standard InChI is InChI=1S/C9H12N2O2S/c12-14(13)10-7-9(11-14)6-8-4-2-1-3-5-8/h1-5,9-11H,6-7H2/t9-/m0/s1. The summed E-state index contributed by atoms with van der Waals surface area (Å²) >= 11 is 0. The predicted molar refractivity (Wildman–Crippen MR) is 54.0 cm³/mol. The van der Waals surface area contributed by atoms with Crippen molar-refractivity contribution in [3.8, 4) is 0 Å². The van der Waals surface area contributed by atoms with Crippen molar-refractivity contribution in [1.82, 2.24) is 9.44 Å². The molecular formula is C9H12N2O2S. The Morgan fingerprint density at radius 3 is 2.57 bits per heavy atom. The Kier molecular flexibility index (Phi) is 2.54. The number of nitrogens with one attached hydrogen (secondary N) is 2. The molecule has 0 saturated carbocycles. The average molecular weight is 212 g/mol. The molecule has 2 N–H and O–H groups in total. The second-order valence-electron chi connectivity index (χ2n) is 3.36. The summed E-state index contributed by atoms with van der Waals surface area (Å²) in [6, 6.07) is 9.81.